The van der Waals surface area contributed by atoms with Crippen molar-refractivity contribution in [2.75, 3.05) is 13.7 Å². The molecule has 0 unspecified atom stereocenters. The third kappa shape index (κ3) is 4.73. The van der Waals surface area contributed by atoms with E-state index in [1.54, 1.807) is 0 Å². The summed E-state index contributed by atoms with van der Waals surface area (Å²) in [6, 6.07) is 10.2. The van der Waals surface area contributed by atoms with Gasteiger partial charge in [-0.1, -0.05) is 36.8 Å². The average molecular weight is 447 g/mol. The van der Waals surface area contributed by atoms with E-state index in [1.165, 1.54) is 13.5 Å². The highest BCUT2D eigenvalue weighted by molar-refractivity contribution is 5.69. The molecular weight excluding hydrogens is 412 g/mol. The Morgan fingerprint density at radius 2 is 1.78 bits per heavy atom. The highest BCUT2D eigenvalue weighted by Gasteiger charge is 2.59. The molecule has 5 rings (SSSR count). The first-order valence-electron chi connectivity index (χ1n) is 12.0. The smallest absolute Gasteiger partial charge is 0.308 e. The summed E-state index contributed by atoms with van der Waals surface area (Å²) in [5.74, 6) is -0.788. The van der Waals surface area contributed by atoms with Gasteiger partial charge in [-0.05, 0) is 31.2 Å². The van der Waals surface area contributed by atoms with E-state index in [-0.39, 0.29) is 49.0 Å². The number of methoxy groups -OCH3 is 1. The van der Waals surface area contributed by atoms with Gasteiger partial charge in [-0.3, -0.25) is 4.79 Å². The van der Waals surface area contributed by atoms with Crippen molar-refractivity contribution in [2.24, 2.45) is 0 Å². The number of rotatable bonds is 6. The minimum absolute atomic E-state index is 0.0854. The second kappa shape index (κ2) is 9.77. The van der Waals surface area contributed by atoms with Gasteiger partial charge in [-0.25, -0.2) is 0 Å². The molecule has 0 N–H and O–H groups in total. The topological polar surface area (TPSA) is 72.5 Å². The molecule has 1 spiro atoms. The Kier molecular flexibility index (Phi) is 6.81. The van der Waals surface area contributed by atoms with Gasteiger partial charge in [0.05, 0.1) is 39.0 Å². The fourth-order valence-corrected chi connectivity index (χ4v) is 5.57. The van der Waals surface area contributed by atoms with E-state index >= 15 is 0 Å². The van der Waals surface area contributed by atoms with E-state index in [0.717, 1.165) is 44.1 Å². The summed E-state index contributed by atoms with van der Waals surface area (Å²) in [5, 5.41) is 0. The first-order valence-corrected chi connectivity index (χ1v) is 12.0. The van der Waals surface area contributed by atoms with Crippen LogP contribution in [0.25, 0.3) is 0 Å². The highest BCUT2D eigenvalue weighted by atomic mass is 16.8. The Bertz CT molecular complexity index is 763. The first kappa shape index (κ1) is 22.3. The fraction of sp³-hybridized carbons (Fsp3) is 0.720. The highest BCUT2D eigenvalue weighted by Crippen LogP contribution is 2.47. The predicted octanol–water partition coefficient (Wildman–Crippen LogP) is 3.53. The van der Waals surface area contributed by atoms with Gasteiger partial charge in [-0.15, -0.1) is 0 Å². The molecule has 3 heterocycles. The number of hydrogen-bond donors (Lipinski definition) is 0. The van der Waals surface area contributed by atoms with Crippen LogP contribution >= 0.6 is 0 Å². The van der Waals surface area contributed by atoms with Crippen molar-refractivity contribution in [3.05, 3.63) is 35.9 Å². The number of esters is 1. The molecule has 3 aliphatic heterocycles. The van der Waals surface area contributed by atoms with E-state index in [9.17, 15) is 4.79 Å². The number of fused-ring (bicyclic) bond motifs is 3. The second-order valence-electron chi connectivity index (χ2n) is 9.43. The van der Waals surface area contributed by atoms with Crippen LogP contribution in [0.1, 0.15) is 56.9 Å². The van der Waals surface area contributed by atoms with Crippen molar-refractivity contribution in [1.82, 2.24) is 0 Å². The van der Waals surface area contributed by atoms with Gasteiger partial charge < -0.3 is 28.4 Å². The maximum absolute atomic E-state index is 11.8. The van der Waals surface area contributed by atoms with Crippen molar-refractivity contribution in [3.63, 3.8) is 0 Å². The lowest BCUT2D eigenvalue weighted by molar-refractivity contribution is -0.247. The Morgan fingerprint density at radius 3 is 2.56 bits per heavy atom. The third-order valence-electron chi connectivity index (χ3n) is 7.19. The van der Waals surface area contributed by atoms with Crippen LogP contribution in [0.3, 0.4) is 0 Å². The Balaban J connectivity index is 1.28. The molecule has 0 radical (unpaired) electrons. The molecule has 7 nitrogen and oxygen atoms in total. The van der Waals surface area contributed by atoms with Gasteiger partial charge >= 0.3 is 5.97 Å². The molecule has 32 heavy (non-hydrogen) atoms. The van der Waals surface area contributed by atoms with E-state index in [0.29, 0.717) is 13.2 Å². The Morgan fingerprint density at radius 1 is 1.00 bits per heavy atom. The Labute approximate surface area is 189 Å². The summed E-state index contributed by atoms with van der Waals surface area (Å²) in [7, 11) is 1.41. The summed E-state index contributed by atoms with van der Waals surface area (Å²) in [6.07, 6.45) is 5.93. The maximum atomic E-state index is 11.8. The molecule has 1 aromatic carbocycles. The van der Waals surface area contributed by atoms with Crippen LogP contribution in [0, 0.1) is 0 Å². The lowest BCUT2D eigenvalue weighted by Crippen LogP contribution is -2.60. The van der Waals surface area contributed by atoms with Gasteiger partial charge in [0.1, 0.15) is 24.4 Å². The van der Waals surface area contributed by atoms with Crippen LogP contribution in [0.2, 0.25) is 0 Å². The lowest BCUT2D eigenvalue weighted by atomic mass is 9.89. The maximum Gasteiger partial charge on any atom is 0.308 e. The number of ether oxygens (including phenoxy) is 6. The molecule has 176 valence electrons. The van der Waals surface area contributed by atoms with Crippen LogP contribution in [0.5, 0.6) is 0 Å². The monoisotopic (exact) mass is 446 g/mol. The summed E-state index contributed by atoms with van der Waals surface area (Å²) < 4.78 is 37.0. The van der Waals surface area contributed by atoms with Crippen molar-refractivity contribution < 1.29 is 33.2 Å². The van der Waals surface area contributed by atoms with Gasteiger partial charge in [0, 0.05) is 12.8 Å². The molecule has 1 aliphatic carbocycles. The molecular formula is C25H34O7. The van der Waals surface area contributed by atoms with Crippen LogP contribution in [-0.2, 0) is 39.8 Å². The Hall–Kier alpha value is -1.51. The van der Waals surface area contributed by atoms with E-state index in [2.05, 4.69) is 12.1 Å². The summed E-state index contributed by atoms with van der Waals surface area (Å²) in [4.78, 5) is 11.8. The van der Waals surface area contributed by atoms with E-state index in [1.807, 2.05) is 18.2 Å². The molecule has 1 aromatic rings. The third-order valence-corrected chi connectivity index (χ3v) is 7.19. The molecule has 4 aliphatic rings. The molecule has 6 atom stereocenters. The second-order valence-corrected chi connectivity index (χ2v) is 9.43. The fourth-order valence-electron chi connectivity index (χ4n) is 5.57. The molecule has 0 aromatic heterocycles. The zero-order valence-corrected chi connectivity index (χ0v) is 18.8. The van der Waals surface area contributed by atoms with Crippen molar-refractivity contribution in [3.8, 4) is 0 Å². The standard InChI is InChI=1S/C25H34O7/c1-27-21(26)14-18-10-11-19-22(29-18)24-23(31-25(32-24)12-6-3-7-13-25)20(30-19)16-28-15-17-8-4-2-5-9-17/h2,4-5,8-9,18-20,22-24H,3,6-7,10-16H2,1H3/t18-,19+,20+,22+,23-,24+/m1/s1. The lowest BCUT2D eigenvalue weighted by Gasteiger charge is -2.46. The number of benzene rings is 1. The van der Waals surface area contributed by atoms with Crippen molar-refractivity contribution in [2.45, 2.75) is 100 Å². The normalized spacial score (nSPS) is 35.8. The summed E-state index contributed by atoms with van der Waals surface area (Å²) >= 11 is 0. The zero-order valence-electron chi connectivity index (χ0n) is 18.8. The SMILES string of the molecule is COC(=O)C[C@H]1CC[C@@H]2O[C@@H](COCc3ccccc3)[C@H]3OC4(CCCCC4)O[C@H]3[C@H]2O1. The summed E-state index contributed by atoms with van der Waals surface area (Å²) in [5.41, 5.74) is 1.14. The van der Waals surface area contributed by atoms with E-state index in [4.69, 9.17) is 28.4 Å². The molecule has 0 amide bonds. The van der Waals surface area contributed by atoms with E-state index < -0.39 is 5.79 Å². The van der Waals surface area contributed by atoms with Crippen LogP contribution < -0.4 is 0 Å². The molecule has 0 bridgehead atoms. The quantitative estimate of drug-likeness (QED) is 0.619. The van der Waals surface area contributed by atoms with Crippen LogP contribution in [0.15, 0.2) is 30.3 Å². The first-order chi connectivity index (χ1) is 15.7. The van der Waals surface area contributed by atoms with Crippen molar-refractivity contribution in [1.29, 1.82) is 0 Å². The zero-order chi connectivity index (χ0) is 22.0. The largest absolute Gasteiger partial charge is 0.469 e. The van der Waals surface area contributed by atoms with Gasteiger partial charge in [0.2, 0.25) is 0 Å². The molecule has 3 saturated heterocycles. The average Bonchev–Trinajstić information content (AvgIpc) is 3.19. The van der Waals surface area contributed by atoms with Crippen LogP contribution in [0.4, 0.5) is 0 Å². The number of carbonyl (C=O) groups excluding carboxylic acids is 1. The van der Waals surface area contributed by atoms with Gasteiger partial charge in [0.25, 0.3) is 0 Å². The summed E-state index contributed by atoms with van der Waals surface area (Å²) in [6.45, 7) is 0.986. The van der Waals surface area contributed by atoms with Gasteiger partial charge in [0.15, 0.2) is 5.79 Å². The molecule has 4 fully saturated rings. The number of carbonyl (C=O) groups is 1. The number of hydrogen-bond acceptors (Lipinski definition) is 7. The van der Waals surface area contributed by atoms with Gasteiger partial charge in [-0.2, -0.15) is 0 Å². The minimum Gasteiger partial charge on any atom is -0.469 e. The minimum atomic E-state index is -0.540. The molecule has 1 saturated carbocycles. The predicted molar refractivity (Wildman–Crippen MR) is 115 cm³/mol. The molecule has 7 heteroatoms. The van der Waals surface area contributed by atoms with Crippen LogP contribution in [-0.4, -0.2) is 62.1 Å². The van der Waals surface area contributed by atoms with Crippen molar-refractivity contribution >= 4 is 5.97 Å².